The van der Waals surface area contributed by atoms with Crippen LogP contribution in [0, 0.1) is 30.1 Å². The van der Waals surface area contributed by atoms with Crippen LogP contribution < -0.4 is 0 Å². The molecule has 1 fully saturated rings. The molecule has 0 aliphatic heterocycles. The van der Waals surface area contributed by atoms with E-state index in [-0.39, 0.29) is 0 Å². The Labute approximate surface area is 63.0 Å². The highest BCUT2D eigenvalue weighted by Crippen LogP contribution is 2.22. The molecule has 0 aromatic carbocycles. The molecule has 1 saturated carbocycles. The molecule has 52 valence electrons. The van der Waals surface area contributed by atoms with E-state index in [2.05, 4.69) is 17.8 Å². The molecule has 1 aliphatic carbocycles. The van der Waals surface area contributed by atoms with Crippen LogP contribution in [0.25, 0.3) is 0 Å². The molecule has 0 saturated heterocycles. The van der Waals surface area contributed by atoms with Gasteiger partial charge in [-0.15, -0.1) is 6.42 Å². The minimum Gasteiger partial charge on any atom is -0.106 e. The van der Waals surface area contributed by atoms with Crippen molar-refractivity contribution < 1.29 is 0 Å². The van der Waals surface area contributed by atoms with Gasteiger partial charge in [0.2, 0.25) is 0 Å². The van der Waals surface area contributed by atoms with Crippen molar-refractivity contribution in [3.63, 3.8) is 0 Å². The van der Waals surface area contributed by atoms with Crippen LogP contribution in [0.1, 0.15) is 32.1 Å². The number of terminal acetylenes is 1. The first-order valence-electron chi connectivity index (χ1n) is 3.89. The van der Waals surface area contributed by atoms with E-state index in [9.17, 15) is 0 Å². The van der Waals surface area contributed by atoms with Gasteiger partial charge in [-0.2, -0.15) is 0 Å². The second-order valence-electron chi connectivity index (χ2n) is 2.75. The largest absolute Gasteiger partial charge is 0.106 e. The first-order chi connectivity index (χ1) is 4.93. The zero-order chi connectivity index (χ0) is 7.23. The monoisotopic (exact) mass is 132 g/mol. The molecule has 0 heteroatoms. The molecule has 0 atom stereocenters. The highest BCUT2D eigenvalue weighted by molar-refractivity contribution is 5.23. The van der Waals surface area contributed by atoms with Crippen LogP contribution in [-0.2, 0) is 0 Å². The van der Waals surface area contributed by atoms with Crippen molar-refractivity contribution in [2.45, 2.75) is 32.1 Å². The highest BCUT2D eigenvalue weighted by atomic mass is 14.1. The van der Waals surface area contributed by atoms with Crippen LogP contribution in [-0.4, -0.2) is 0 Å². The molecule has 0 bridgehead atoms. The van der Waals surface area contributed by atoms with Gasteiger partial charge < -0.3 is 0 Å². The summed E-state index contributed by atoms with van der Waals surface area (Å²) in [7, 11) is 0. The van der Waals surface area contributed by atoms with Gasteiger partial charge in [0.25, 0.3) is 0 Å². The van der Waals surface area contributed by atoms with Gasteiger partial charge in [0.15, 0.2) is 0 Å². The fourth-order valence-corrected chi connectivity index (χ4v) is 1.39. The van der Waals surface area contributed by atoms with Crippen LogP contribution in [0.5, 0.6) is 0 Å². The molecule has 0 aromatic rings. The second kappa shape index (κ2) is 4.02. The SMILES string of the molecule is C#CC#CC1CCCCC1. The number of hydrogen-bond acceptors (Lipinski definition) is 0. The Morgan fingerprint density at radius 1 is 1.10 bits per heavy atom. The normalized spacial score (nSPS) is 18.7. The van der Waals surface area contributed by atoms with E-state index in [0.717, 1.165) is 0 Å². The van der Waals surface area contributed by atoms with E-state index in [1.807, 2.05) is 0 Å². The summed E-state index contributed by atoms with van der Waals surface area (Å²) in [4.78, 5) is 0. The van der Waals surface area contributed by atoms with Crippen molar-refractivity contribution in [3.05, 3.63) is 0 Å². The lowest BCUT2D eigenvalue weighted by atomic mass is 9.90. The van der Waals surface area contributed by atoms with E-state index >= 15 is 0 Å². The first-order valence-corrected chi connectivity index (χ1v) is 3.89. The fourth-order valence-electron chi connectivity index (χ4n) is 1.39. The fraction of sp³-hybridized carbons (Fsp3) is 0.600. The molecule has 0 radical (unpaired) electrons. The average Bonchev–Trinajstić information content (AvgIpc) is 2.03. The van der Waals surface area contributed by atoms with Gasteiger partial charge in [0.05, 0.1) is 0 Å². The lowest BCUT2D eigenvalue weighted by molar-refractivity contribution is 0.430. The molecule has 0 unspecified atom stereocenters. The Balaban J connectivity index is 2.34. The van der Waals surface area contributed by atoms with Gasteiger partial charge >= 0.3 is 0 Å². The van der Waals surface area contributed by atoms with E-state index in [4.69, 9.17) is 6.42 Å². The first kappa shape index (κ1) is 7.23. The third-order valence-electron chi connectivity index (χ3n) is 1.95. The summed E-state index contributed by atoms with van der Waals surface area (Å²) in [5.74, 6) is 8.74. The summed E-state index contributed by atoms with van der Waals surface area (Å²) in [6, 6.07) is 0. The van der Waals surface area contributed by atoms with Crippen molar-refractivity contribution in [2.24, 2.45) is 5.92 Å². The summed E-state index contributed by atoms with van der Waals surface area (Å²) >= 11 is 0. The number of hydrogen-bond donors (Lipinski definition) is 0. The molecule has 0 N–H and O–H groups in total. The Morgan fingerprint density at radius 2 is 1.80 bits per heavy atom. The maximum atomic E-state index is 5.02. The predicted octanol–water partition coefficient (Wildman–Crippen LogP) is 2.20. The zero-order valence-electron chi connectivity index (χ0n) is 6.19. The van der Waals surface area contributed by atoms with Gasteiger partial charge in [-0.25, -0.2) is 0 Å². The van der Waals surface area contributed by atoms with Crippen molar-refractivity contribution in [3.8, 4) is 24.2 Å². The molecular weight excluding hydrogens is 120 g/mol. The van der Waals surface area contributed by atoms with Crippen LogP contribution in [0.15, 0.2) is 0 Å². The van der Waals surface area contributed by atoms with Crippen molar-refractivity contribution >= 4 is 0 Å². The van der Waals surface area contributed by atoms with Crippen molar-refractivity contribution in [2.75, 3.05) is 0 Å². The molecule has 0 spiro atoms. The lowest BCUT2D eigenvalue weighted by Crippen LogP contribution is -2.02. The average molecular weight is 132 g/mol. The molecule has 0 nitrogen and oxygen atoms in total. The standard InChI is InChI=1S/C10H12/c1-2-3-7-10-8-5-4-6-9-10/h1,10H,4-6,8-9H2. The van der Waals surface area contributed by atoms with Crippen LogP contribution in [0.2, 0.25) is 0 Å². The minimum absolute atomic E-state index is 0.602. The third kappa shape index (κ3) is 2.16. The summed E-state index contributed by atoms with van der Waals surface area (Å²) in [6.45, 7) is 0. The quantitative estimate of drug-likeness (QED) is 0.443. The summed E-state index contributed by atoms with van der Waals surface area (Å²) in [5.41, 5.74) is 0. The Kier molecular flexibility index (Phi) is 2.91. The van der Waals surface area contributed by atoms with Crippen molar-refractivity contribution in [1.82, 2.24) is 0 Å². The van der Waals surface area contributed by atoms with E-state index < -0.39 is 0 Å². The lowest BCUT2D eigenvalue weighted by Gasteiger charge is -2.14. The molecule has 0 heterocycles. The molecular formula is C10H12. The maximum Gasteiger partial charge on any atom is 0.0213 e. The summed E-state index contributed by atoms with van der Waals surface area (Å²) in [5, 5.41) is 0. The molecule has 10 heavy (non-hydrogen) atoms. The van der Waals surface area contributed by atoms with Crippen LogP contribution >= 0.6 is 0 Å². The molecule has 1 rings (SSSR count). The maximum absolute atomic E-state index is 5.02. The summed E-state index contributed by atoms with van der Waals surface area (Å²) < 4.78 is 0. The highest BCUT2D eigenvalue weighted by Gasteiger charge is 2.09. The smallest absolute Gasteiger partial charge is 0.0213 e. The van der Waals surface area contributed by atoms with E-state index in [1.165, 1.54) is 32.1 Å². The molecule has 1 aliphatic rings. The van der Waals surface area contributed by atoms with Gasteiger partial charge in [0, 0.05) is 5.92 Å². The Hall–Kier alpha value is -0.880. The van der Waals surface area contributed by atoms with E-state index in [0.29, 0.717) is 5.92 Å². The summed E-state index contributed by atoms with van der Waals surface area (Å²) in [6.07, 6.45) is 11.6. The zero-order valence-corrected chi connectivity index (χ0v) is 6.19. The van der Waals surface area contributed by atoms with Gasteiger partial charge in [-0.3, -0.25) is 0 Å². The van der Waals surface area contributed by atoms with Crippen LogP contribution in [0.4, 0.5) is 0 Å². The van der Waals surface area contributed by atoms with Gasteiger partial charge in [-0.1, -0.05) is 25.2 Å². The minimum atomic E-state index is 0.602. The topological polar surface area (TPSA) is 0 Å². The Bertz CT molecular complexity index is 178. The van der Waals surface area contributed by atoms with E-state index in [1.54, 1.807) is 0 Å². The van der Waals surface area contributed by atoms with Gasteiger partial charge in [-0.05, 0) is 24.7 Å². The second-order valence-corrected chi connectivity index (χ2v) is 2.75. The number of rotatable bonds is 0. The van der Waals surface area contributed by atoms with Crippen molar-refractivity contribution in [1.29, 1.82) is 0 Å². The third-order valence-corrected chi connectivity index (χ3v) is 1.95. The molecule has 0 aromatic heterocycles. The van der Waals surface area contributed by atoms with Crippen LogP contribution in [0.3, 0.4) is 0 Å². The predicted molar refractivity (Wildman–Crippen MR) is 43.2 cm³/mol. The Morgan fingerprint density at radius 3 is 2.40 bits per heavy atom. The van der Waals surface area contributed by atoms with Gasteiger partial charge in [0.1, 0.15) is 0 Å². The molecule has 0 amide bonds.